The van der Waals surface area contributed by atoms with Gasteiger partial charge in [0.1, 0.15) is 5.92 Å². The molecule has 152 valence electrons. The van der Waals surface area contributed by atoms with Crippen LogP contribution in [0.1, 0.15) is 12.0 Å². The van der Waals surface area contributed by atoms with Crippen molar-refractivity contribution in [1.82, 2.24) is 10.9 Å². The minimum atomic E-state index is -0.880. The van der Waals surface area contributed by atoms with Crippen LogP contribution in [0.3, 0.4) is 0 Å². The van der Waals surface area contributed by atoms with E-state index in [9.17, 15) is 14.4 Å². The normalized spacial score (nSPS) is 15.9. The Hall–Kier alpha value is -2.77. The third-order valence-electron chi connectivity index (χ3n) is 4.57. The lowest BCUT2D eigenvalue weighted by atomic mass is 10.1. The van der Waals surface area contributed by atoms with E-state index in [0.717, 1.165) is 11.3 Å². The van der Waals surface area contributed by atoms with E-state index >= 15 is 0 Å². The lowest BCUT2D eigenvalue weighted by Gasteiger charge is -2.17. The van der Waals surface area contributed by atoms with Crippen LogP contribution in [0.4, 0.5) is 11.4 Å². The van der Waals surface area contributed by atoms with Gasteiger partial charge in [-0.1, -0.05) is 40.9 Å². The van der Waals surface area contributed by atoms with Crippen LogP contribution in [0.15, 0.2) is 42.5 Å². The van der Waals surface area contributed by atoms with E-state index in [-0.39, 0.29) is 12.5 Å². The molecule has 2 aromatic carbocycles. The molecule has 0 bridgehead atoms. The standard InChI is InChI=1S/C20H20Cl2N4O3/c1-12-2-4-13(5-3-12)23-11-18(27)24-25-19(28)15-8-9-26(20(15)29)14-6-7-16(21)17(22)10-14/h2-7,10,15,23H,8-9,11H2,1H3,(H,24,27)(H,25,28). The second kappa shape index (κ2) is 9.15. The van der Waals surface area contributed by atoms with Crippen molar-refractivity contribution in [3.8, 4) is 0 Å². The van der Waals surface area contributed by atoms with Crippen LogP contribution in [0.2, 0.25) is 10.0 Å². The average Bonchev–Trinajstić information content (AvgIpc) is 3.09. The number of hydrazine groups is 1. The zero-order valence-corrected chi connectivity index (χ0v) is 17.2. The number of benzene rings is 2. The van der Waals surface area contributed by atoms with E-state index < -0.39 is 17.7 Å². The lowest BCUT2D eigenvalue weighted by Crippen LogP contribution is -2.48. The molecule has 0 aromatic heterocycles. The van der Waals surface area contributed by atoms with Crippen LogP contribution in [-0.2, 0) is 14.4 Å². The van der Waals surface area contributed by atoms with Gasteiger partial charge in [0.2, 0.25) is 5.91 Å². The summed E-state index contributed by atoms with van der Waals surface area (Å²) in [6.45, 7) is 2.33. The van der Waals surface area contributed by atoms with E-state index in [0.29, 0.717) is 28.7 Å². The number of nitrogens with zero attached hydrogens (tertiary/aromatic N) is 1. The summed E-state index contributed by atoms with van der Waals surface area (Å²) in [6.07, 6.45) is 0.336. The molecule has 3 rings (SSSR count). The third kappa shape index (κ3) is 5.19. The SMILES string of the molecule is Cc1ccc(NCC(=O)NNC(=O)C2CCN(c3ccc(Cl)c(Cl)c3)C2=O)cc1. The molecule has 1 saturated heterocycles. The molecule has 0 radical (unpaired) electrons. The first-order chi connectivity index (χ1) is 13.8. The van der Waals surface area contributed by atoms with Gasteiger partial charge < -0.3 is 10.2 Å². The Bertz CT molecular complexity index is 934. The van der Waals surface area contributed by atoms with Gasteiger partial charge in [-0.05, 0) is 43.7 Å². The van der Waals surface area contributed by atoms with Crippen LogP contribution < -0.4 is 21.1 Å². The highest BCUT2D eigenvalue weighted by Gasteiger charge is 2.37. The Labute approximate surface area is 178 Å². The van der Waals surface area contributed by atoms with Crippen LogP contribution in [0, 0.1) is 12.8 Å². The number of nitrogens with one attached hydrogen (secondary N) is 3. The van der Waals surface area contributed by atoms with Gasteiger partial charge in [0.15, 0.2) is 0 Å². The van der Waals surface area contributed by atoms with E-state index in [4.69, 9.17) is 23.2 Å². The Balaban J connectivity index is 1.49. The third-order valence-corrected chi connectivity index (χ3v) is 5.31. The summed E-state index contributed by atoms with van der Waals surface area (Å²) in [5.41, 5.74) is 7.12. The zero-order chi connectivity index (χ0) is 21.0. The van der Waals surface area contributed by atoms with E-state index in [2.05, 4.69) is 16.2 Å². The predicted octanol–water partition coefficient (Wildman–Crippen LogP) is 2.91. The maximum absolute atomic E-state index is 12.6. The Morgan fingerprint density at radius 1 is 1.07 bits per heavy atom. The molecule has 29 heavy (non-hydrogen) atoms. The van der Waals surface area contributed by atoms with Gasteiger partial charge in [0, 0.05) is 17.9 Å². The Kier molecular flexibility index (Phi) is 6.61. The van der Waals surface area contributed by atoms with Crippen molar-refractivity contribution in [3.63, 3.8) is 0 Å². The predicted molar refractivity (Wildman–Crippen MR) is 113 cm³/mol. The summed E-state index contributed by atoms with van der Waals surface area (Å²) in [4.78, 5) is 38.3. The van der Waals surface area contributed by atoms with E-state index in [1.807, 2.05) is 31.2 Å². The average molecular weight is 435 g/mol. The number of hydrogen-bond acceptors (Lipinski definition) is 4. The van der Waals surface area contributed by atoms with Gasteiger partial charge >= 0.3 is 0 Å². The number of rotatable bonds is 5. The molecule has 0 saturated carbocycles. The topological polar surface area (TPSA) is 90.5 Å². The highest BCUT2D eigenvalue weighted by molar-refractivity contribution is 6.42. The minimum Gasteiger partial charge on any atom is -0.376 e. The largest absolute Gasteiger partial charge is 0.376 e. The minimum absolute atomic E-state index is 0.0165. The summed E-state index contributed by atoms with van der Waals surface area (Å²) in [6, 6.07) is 12.4. The van der Waals surface area contributed by atoms with Gasteiger partial charge in [-0.3, -0.25) is 25.2 Å². The summed E-state index contributed by atoms with van der Waals surface area (Å²) < 4.78 is 0. The highest BCUT2D eigenvalue weighted by Crippen LogP contribution is 2.31. The van der Waals surface area contributed by atoms with Crippen molar-refractivity contribution in [1.29, 1.82) is 0 Å². The maximum atomic E-state index is 12.6. The van der Waals surface area contributed by atoms with Gasteiger partial charge in [-0.15, -0.1) is 0 Å². The summed E-state index contributed by atoms with van der Waals surface area (Å²) in [7, 11) is 0. The molecule has 2 aromatic rings. The Morgan fingerprint density at radius 2 is 1.79 bits per heavy atom. The molecule has 1 aliphatic rings. The number of carbonyl (C=O) groups is 3. The van der Waals surface area contributed by atoms with Crippen molar-refractivity contribution >= 4 is 52.3 Å². The molecule has 0 aliphatic carbocycles. The highest BCUT2D eigenvalue weighted by atomic mass is 35.5. The molecule has 3 amide bonds. The number of hydrogen-bond donors (Lipinski definition) is 3. The van der Waals surface area contributed by atoms with Crippen LogP contribution >= 0.6 is 23.2 Å². The van der Waals surface area contributed by atoms with E-state index in [1.165, 1.54) is 4.90 Å². The number of aryl methyl sites for hydroxylation is 1. The molecular formula is C20H20Cl2N4O3. The summed E-state index contributed by atoms with van der Waals surface area (Å²) >= 11 is 11.9. The van der Waals surface area contributed by atoms with Crippen molar-refractivity contribution in [3.05, 3.63) is 58.1 Å². The van der Waals surface area contributed by atoms with Crippen LogP contribution in [-0.4, -0.2) is 30.8 Å². The van der Waals surface area contributed by atoms with Crippen molar-refractivity contribution in [2.45, 2.75) is 13.3 Å². The van der Waals surface area contributed by atoms with E-state index in [1.54, 1.807) is 18.2 Å². The van der Waals surface area contributed by atoms with Gasteiger partial charge in [0.25, 0.3) is 11.8 Å². The molecule has 1 unspecified atom stereocenters. The number of anilines is 2. The van der Waals surface area contributed by atoms with Gasteiger partial charge in [0.05, 0.1) is 16.6 Å². The van der Waals surface area contributed by atoms with Gasteiger partial charge in [-0.25, -0.2) is 0 Å². The number of halogens is 2. The fraction of sp³-hybridized carbons (Fsp3) is 0.250. The summed E-state index contributed by atoms with van der Waals surface area (Å²) in [5, 5.41) is 3.67. The number of carbonyl (C=O) groups excluding carboxylic acids is 3. The maximum Gasteiger partial charge on any atom is 0.257 e. The number of amides is 3. The smallest absolute Gasteiger partial charge is 0.257 e. The molecular weight excluding hydrogens is 415 g/mol. The zero-order valence-electron chi connectivity index (χ0n) is 15.7. The second-order valence-electron chi connectivity index (χ2n) is 6.69. The van der Waals surface area contributed by atoms with Crippen molar-refractivity contribution < 1.29 is 14.4 Å². The quantitative estimate of drug-likeness (QED) is 0.498. The Morgan fingerprint density at radius 3 is 2.48 bits per heavy atom. The molecule has 1 atom stereocenters. The van der Waals surface area contributed by atoms with Crippen LogP contribution in [0.5, 0.6) is 0 Å². The first kappa shape index (κ1) is 21.0. The molecule has 1 heterocycles. The molecule has 9 heteroatoms. The lowest BCUT2D eigenvalue weighted by molar-refractivity contribution is -0.135. The van der Waals surface area contributed by atoms with Crippen molar-refractivity contribution in [2.75, 3.05) is 23.3 Å². The molecule has 7 nitrogen and oxygen atoms in total. The fourth-order valence-corrected chi connectivity index (χ4v) is 3.24. The van der Waals surface area contributed by atoms with Crippen molar-refractivity contribution in [2.24, 2.45) is 5.92 Å². The van der Waals surface area contributed by atoms with Crippen LogP contribution in [0.25, 0.3) is 0 Å². The molecule has 1 aliphatic heterocycles. The molecule has 1 fully saturated rings. The monoisotopic (exact) mass is 434 g/mol. The fourth-order valence-electron chi connectivity index (χ4n) is 2.95. The second-order valence-corrected chi connectivity index (χ2v) is 7.50. The first-order valence-electron chi connectivity index (χ1n) is 9.01. The summed E-state index contributed by atoms with van der Waals surface area (Å²) in [5.74, 6) is -2.21. The molecule has 0 spiro atoms. The first-order valence-corrected chi connectivity index (χ1v) is 9.76. The van der Waals surface area contributed by atoms with Gasteiger partial charge in [-0.2, -0.15) is 0 Å². The molecule has 3 N–H and O–H groups in total.